The molecule has 29 heavy (non-hydrogen) atoms. The summed E-state index contributed by atoms with van der Waals surface area (Å²) in [4.78, 5) is 24.2. The van der Waals surface area contributed by atoms with Crippen molar-refractivity contribution in [2.24, 2.45) is 5.92 Å². The van der Waals surface area contributed by atoms with Gasteiger partial charge in [-0.3, -0.25) is 9.78 Å². The van der Waals surface area contributed by atoms with Crippen LogP contribution in [0.15, 0.2) is 48.7 Å². The predicted octanol–water partition coefficient (Wildman–Crippen LogP) is 3.50. The highest BCUT2D eigenvalue weighted by molar-refractivity contribution is 5.93. The van der Waals surface area contributed by atoms with Crippen LogP contribution in [0.25, 0.3) is 11.0 Å². The SMILES string of the molecule is COc1ccc(NC(=O)[C@H]2CCCN(c3cnc4ccccc4n3)C2)cc1OC. The molecule has 2 heterocycles. The van der Waals surface area contributed by atoms with Gasteiger partial charge in [0.15, 0.2) is 11.5 Å². The Morgan fingerprint density at radius 2 is 1.90 bits per heavy atom. The van der Waals surface area contributed by atoms with Gasteiger partial charge in [-0.1, -0.05) is 12.1 Å². The van der Waals surface area contributed by atoms with Crippen LogP contribution in [-0.4, -0.2) is 43.2 Å². The van der Waals surface area contributed by atoms with Gasteiger partial charge in [-0.15, -0.1) is 0 Å². The summed E-state index contributed by atoms with van der Waals surface area (Å²) < 4.78 is 10.6. The number of fused-ring (bicyclic) bond motifs is 1. The van der Waals surface area contributed by atoms with Gasteiger partial charge in [0.25, 0.3) is 0 Å². The molecule has 1 saturated heterocycles. The average Bonchev–Trinajstić information content (AvgIpc) is 2.78. The van der Waals surface area contributed by atoms with Crippen molar-refractivity contribution >= 4 is 28.4 Å². The lowest BCUT2D eigenvalue weighted by Crippen LogP contribution is -2.41. The number of piperidine rings is 1. The summed E-state index contributed by atoms with van der Waals surface area (Å²) in [5, 5.41) is 3.00. The normalized spacial score (nSPS) is 16.5. The molecule has 0 spiro atoms. The number of rotatable bonds is 5. The van der Waals surface area contributed by atoms with E-state index < -0.39 is 0 Å². The highest BCUT2D eigenvalue weighted by Gasteiger charge is 2.27. The molecule has 0 aliphatic carbocycles. The van der Waals surface area contributed by atoms with Gasteiger partial charge in [-0.2, -0.15) is 0 Å². The van der Waals surface area contributed by atoms with E-state index in [9.17, 15) is 4.79 Å². The summed E-state index contributed by atoms with van der Waals surface area (Å²) in [6.07, 6.45) is 3.56. The lowest BCUT2D eigenvalue weighted by molar-refractivity contribution is -0.120. The third-order valence-electron chi connectivity index (χ3n) is 5.20. The van der Waals surface area contributed by atoms with Crippen LogP contribution in [0, 0.1) is 5.92 Å². The van der Waals surface area contributed by atoms with Crippen LogP contribution in [0.1, 0.15) is 12.8 Å². The van der Waals surface area contributed by atoms with Crippen molar-refractivity contribution in [2.75, 3.05) is 37.5 Å². The fourth-order valence-corrected chi connectivity index (χ4v) is 3.66. The van der Waals surface area contributed by atoms with E-state index in [1.165, 1.54) is 0 Å². The van der Waals surface area contributed by atoms with Crippen molar-refractivity contribution in [3.63, 3.8) is 0 Å². The molecule has 4 rings (SSSR count). The van der Waals surface area contributed by atoms with Crippen LogP contribution >= 0.6 is 0 Å². The van der Waals surface area contributed by atoms with E-state index >= 15 is 0 Å². The number of nitrogens with one attached hydrogen (secondary N) is 1. The van der Waals surface area contributed by atoms with E-state index in [1.807, 2.05) is 30.3 Å². The second kappa shape index (κ2) is 8.34. The Morgan fingerprint density at radius 3 is 2.69 bits per heavy atom. The summed E-state index contributed by atoms with van der Waals surface area (Å²) >= 11 is 0. The topological polar surface area (TPSA) is 76.6 Å². The van der Waals surface area contributed by atoms with E-state index in [-0.39, 0.29) is 11.8 Å². The maximum atomic E-state index is 12.9. The summed E-state index contributed by atoms with van der Waals surface area (Å²) in [5.74, 6) is 1.90. The summed E-state index contributed by atoms with van der Waals surface area (Å²) in [7, 11) is 3.16. The number of hydrogen-bond donors (Lipinski definition) is 1. The number of hydrogen-bond acceptors (Lipinski definition) is 6. The monoisotopic (exact) mass is 392 g/mol. The number of aromatic nitrogens is 2. The molecule has 2 aromatic carbocycles. The summed E-state index contributed by atoms with van der Waals surface area (Å²) in [5.41, 5.74) is 2.42. The molecule has 0 bridgehead atoms. The first-order valence-electron chi connectivity index (χ1n) is 9.67. The predicted molar refractivity (Wildman–Crippen MR) is 113 cm³/mol. The van der Waals surface area contributed by atoms with Gasteiger partial charge in [0.2, 0.25) is 5.91 Å². The fourth-order valence-electron chi connectivity index (χ4n) is 3.66. The average molecular weight is 392 g/mol. The Hall–Kier alpha value is -3.35. The van der Waals surface area contributed by atoms with Crippen LogP contribution in [0.2, 0.25) is 0 Å². The molecular formula is C22H24N4O3. The van der Waals surface area contributed by atoms with E-state index in [4.69, 9.17) is 14.5 Å². The zero-order valence-corrected chi connectivity index (χ0v) is 16.6. The number of methoxy groups -OCH3 is 2. The highest BCUT2D eigenvalue weighted by atomic mass is 16.5. The standard InChI is InChI=1S/C22H24N4O3/c1-28-19-10-9-16(12-20(19)29-2)24-22(27)15-6-5-11-26(14-15)21-13-23-17-7-3-4-8-18(17)25-21/h3-4,7-10,12-13,15H,5-6,11,14H2,1-2H3,(H,24,27)/t15-/m0/s1. The van der Waals surface area contributed by atoms with E-state index in [0.717, 1.165) is 36.2 Å². The molecule has 150 valence electrons. The molecule has 3 aromatic rings. The smallest absolute Gasteiger partial charge is 0.229 e. The Morgan fingerprint density at radius 1 is 1.10 bits per heavy atom. The van der Waals surface area contributed by atoms with Crippen molar-refractivity contribution in [3.05, 3.63) is 48.7 Å². The number of carbonyl (C=O) groups excluding carboxylic acids is 1. The molecule has 0 unspecified atom stereocenters. The maximum absolute atomic E-state index is 12.9. The number of anilines is 2. The Balaban J connectivity index is 1.46. The molecule has 1 fully saturated rings. The molecule has 7 heteroatoms. The highest BCUT2D eigenvalue weighted by Crippen LogP contribution is 2.30. The van der Waals surface area contributed by atoms with Crippen LogP contribution in [0.4, 0.5) is 11.5 Å². The maximum Gasteiger partial charge on any atom is 0.229 e. The molecule has 1 N–H and O–H groups in total. The van der Waals surface area contributed by atoms with Gasteiger partial charge >= 0.3 is 0 Å². The minimum absolute atomic E-state index is 0.00401. The molecule has 1 amide bonds. The molecule has 1 aliphatic heterocycles. The second-order valence-corrected chi connectivity index (χ2v) is 7.06. The number of nitrogens with zero attached hydrogens (tertiary/aromatic N) is 3. The van der Waals surface area contributed by atoms with Crippen LogP contribution < -0.4 is 19.7 Å². The van der Waals surface area contributed by atoms with Gasteiger partial charge in [0.1, 0.15) is 5.82 Å². The minimum Gasteiger partial charge on any atom is -0.493 e. The molecule has 7 nitrogen and oxygen atoms in total. The molecular weight excluding hydrogens is 368 g/mol. The van der Waals surface area contributed by atoms with Gasteiger partial charge in [-0.25, -0.2) is 4.98 Å². The molecule has 1 aliphatic rings. The second-order valence-electron chi connectivity index (χ2n) is 7.06. The molecule has 0 radical (unpaired) electrons. The largest absolute Gasteiger partial charge is 0.493 e. The Labute approximate surface area is 169 Å². The van der Waals surface area contributed by atoms with Gasteiger partial charge in [0, 0.05) is 24.8 Å². The Kier molecular flexibility index (Phi) is 5.46. The van der Waals surface area contributed by atoms with Crippen molar-refractivity contribution in [1.29, 1.82) is 0 Å². The van der Waals surface area contributed by atoms with Gasteiger partial charge in [0.05, 0.1) is 37.4 Å². The first kappa shape index (κ1) is 19.0. The van der Waals surface area contributed by atoms with Gasteiger partial charge < -0.3 is 19.7 Å². The lowest BCUT2D eigenvalue weighted by Gasteiger charge is -2.32. The number of amides is 1. The Bertz CT molecular complexity index is 1020. The zero-order chi connectivity index (χ0) is 20.2. The van der Waals surface area contributed by atoms with E-state index in [2.05, 4.69) is 15.2 Å². The summed E-state index contributed by atoms with van der Waals surface area (Å²) in [6.45, 7) is 1.49. The molecule has 1 aromatic heterocycles. The van der Waals surface area contributed by atoms with E-state index in [0.29, 0.717) is 23.7 Å². The third kappa shape index (κ3) is 4.08. The van der Waals surface area contributed by atoms with Crippen molar-refractivity contribution in [1.82, 2.24) is 9.97 Å². The number of carbonyl (C=O) groups is 1. The lowest BCUT2D eigenvalue weighted by atomic mass is 9.97. The van der Waals surface area contributed by atoms with Crippen LogP contribution in [0.5, 0.6) is 11.5 Å². The minimum atomic E-state index is -0.120. The van der Waals surface area contributed by atoms with Gasteiger partial charge in [-0.05, 0) is 37.1 Å². The van der Waals surface area contributed by atoms with E-state index in [1.54, 1.807) is 32.5 Å². The van der Waals surface area contributed by atoms with Crippen molar-refractivity contribution in [3.8, 4) is 11.5 Å². The zero-order valence-electron chi connectivity index (χ0n) is 16.6. The van der Waals surface area contributed by atoms with Crippen LogP contribution in [-0.2, 0) is 4.79 Å². The quantitative estimate of drug-likeness (QED) is 0.716. The molecule has 1 atom stereocenters. The van der Waals surface area contributed by atoms with Crippen molar-refractivity contribution in [2.45, 2.75) is 12.8 Å². The third-order valence-corrected chi connectivity index (χ3v) is 5.20. The fraction of sp³-hybridized carbons (Fsp3) is 0.318. The molecule has 0 saturated carbocycles. The van der Waals surface area contributed by atoms with Crippen molar-refractivity contribution < 1.29 is 14.3 Å². The first-order valence-corrected chi connectivity index (χ1v) is 9.67. The number of benzene rings is 2. The number of ether oxygens (including phenoxy) is 2. The van der Waals surface area contributed by atoms with Crippen LogP contribution in [0.3, 0.4) is 0 Å². The first-order chi connectivity index (χ1) is 14.2. The number of para-hydroxylation sites is 2. The summed E-state index contributed by atoms with van der Waals surface area (Å²) in [6, 6.07) is 13.2.